The van der Waals surface area contributed by atoms with E-state index in [1.54, 1.807) is 0 Å². The lowest BCUT2D eigenvalue weighted by Crippen LogP contribution is -2.42. The third-order valence-corrected chi connectivity index (χ3v) is 4.34. The monoisotopic (exact) mass is 258 g/mol. The molecule has 0 saturated heterocycles. The van der Waals surface area contributed by atoms with Gasteiger partial charge >= 0.3 is 0 Å². The molecule has 0 spiro atoms. The molecule has 0 saturated carbocycles. The maximum absolute atomic E-state index is 13.1. The molecule has 1 heterocycles. The maximum atomic E-state index is 13.1. The fraction of sp³-hybridized carbons (Fsp3) is 0.300. The van der Waals surface area contributed by atoms with Crippen molar-refractivity contribution in [3.05, 3.63) is 24.0 Å². The molecule has 0 aromatic heterocycles. The number of sulfone groups is 1. The van der Waals surface area contributed by atoms with Gasteiger partial charge in [-0.25, -0.2) is 12.8 Å². The molecule has 0 bridgehead atoms. The first-order valence-corrected chi connectivity index (χ1v) is 6.63. The van der Waals surface area contributed by atoms with Gasteiger partial charge in [-0.3, -0.25) is 4.79 Å². The van der Waals surface area contributed by atoms with E-state index in [0.717, 1.165) is 12.1 Å². The fourth-order valence-electron chi connectivity index (χ4n) is 1.78. The van der Waals surface area contributed by atoms with E-state index in [1.165, 1.54) is 11.0 Å². The third kappa shape index (κ3) is 2.03. The number of rotatable bonds is 1. The number of hydrogen-bond donors (Lipinski definition) is 1. The molecule has 1 aliphatic heterocycles. The second-order valence-corrected chi connectivity index (χ2v) is 5.76. The second-order valence-electron chi connectivity index (χ2n) is 3.68. The van der Waals surface area contributed by atoms with Crippen molar-refractivity contribution in [3.8, 4) is 0 Å². The summed E-state index contributed by atoms with van der Waals surface area (Å²) < 4.78 is 36.6. The highest BCUT2D eigenvalue weighted by Gasteiger charge is 2.31. The lowest BCUT2D eigenvalue weighted by Gasteiger charge is -2.28. The summed E-state index contributed by atoms with van der Waals surface area (Å²) >= 11 is 0. The molecule has 2 rings (SSSR count). The molecule has 1 aliphatic rings. The Morgan fingerprint density at radius 2 is 2.18 bits per heavy atom. The van der Waals surface area contributed by atoms with Crippen LogP contribution in [0.15, 0.2) is 23.1 Å². The molecular formula is C10H11FN2O3S. The Balaban J connectivity index is 2.61. The molecule has 5 nitrogen and oxygen atoms in total. The number of nitrogens with zero attached hydrogens (tertiary/aromatic N) is 1. The van der Waals surface area contributed by atoms with Crippen LogP contribution in [0.25, 0.3) is 0 Å². The lowest BCUT2D eigenvalue weighted by atomic mass is 10.2. The van der Waals surface area contributed by atoms with Gasteiger partial charge in [0.05, 0.1) is 22.9 Å². The molecule has 7 heteroatoms. The minimum atomic E-state index is -3.43. The van der Waals surface area contributed by atoms with Gasteiger partial charge in [0, 0.05) is 6.54 Å². The topological polar surface area (TPSA) is 80.5 Å². The van der Waals surface area contributed by atoms with E-state index >= 15 is 0 Å². The predicted molar refractivity (Wildman–Crippen MR) is 59.9 cm³/mol. The molecule has 2 N–H and O–H groups in total. The summed E-state index contributed by atoms with van der Waals surface area (Å²) in [5.74, 6) is -1.18. The Kier molecular flexibility index (Phi) is 2.88. The Morgan fingerprint density at radius 1 is 1.47 bits per heavy atom. The van der Waals surface area contributed by atoms with Crippen molar-refractivity contribution in [1.29, 1.82) is 0 Å². The van der Waals surface area contributed by atoms with Crippen LogP contribution >= 0.6 is 0 Å². The largest absolute Gasteiger partial charge is 0.322 e. The van der Waals surface area contributed by atoms with Crippen molar-refractivity contribution < 1.29 is 17.6 Å². The maximum Gasteiger partial charge on any atom is 0.240 e. The van der Waals surface area contributed by atoms with E-state index in [2.05, 4.69) is 0 Å². The zero-order chi connectivity index (χ0) is 12.6. The Bertz CT molecular complexity index is 571. The van der Waals surface area contributed by atoms with Gasteiger partial charge in [0.2, 0.25) is 5.91 Å². The van der Waals surface area contributed by atoms with Crippen LogP contribution in [0.5, 0.6) is 0 Å². The summed E-state index contributed by atoms with van der Waals surface area (Å²) in [6, 6.07) is 3.28. The number of anilines is 1. The number of nitrogens with two attached hydrogens (primary N) is 1. The SMILES string of the molecule is NCC(=O)N1CCS(=O)(=O)c2ccc(F)cc21. The summed E-state index contributed by atoms with van der Waals surface area (Å²) in [5, 5.41) is 0. The molecule has 0 radical (unpaired) electrons. The van der Waals surface area contributed by atoms with E-state index in [4.69, 9.17) is 5.73 Å². The Hall–Kier alpha value is -1.47. The molecule has 1 amide bonds. The Labute approximate surface area is 97.9 Å². The van der Waals surface area contributed by atoms with Crippen molar-refractivity contribution in [1.82, 2.24) is 0 Å². The molecule has 0 atom stereocenters. The number of fused-ring (bicyclic) bond motifs is 1. The van der Waals surface area contributed by atoms with Crippen LogP contribution in [0.3, 0.4) is 0 Å². The van der Waals surface area contributed by atoms with Crippen LogP contribution in [0.1, 0.15) is 0 Å². The third-order valence-electron chi connectivity index (χ3n) is 2.61. The molecule has 1 aromatic rings. The van der Waals surface area contributed by atoms with Gasteiger partial charge in [0.25, 0.3) is 0 Å². The minimum absolute atomic E-state index is 0.00875. The summed E-state index contributed by atoms with van der Waals surface area (Å²) in [7, 11) is -3.43. The van der Waals surface area contributed by atoms with Crippen LogP contribution in [0, 0.1) is 5.82 Å². The van der Waals surface area contributed by atoms with Crippen LogP contribution in [-0.2, 0) is 14.6 Å². The van der Waals surface area contributed by atoms with E-state index < -0.39 is 21.6 Å². The Morgan fingerprint density at radius 3 is 2.82 bits per heavy atom. The van der Waals surface area contributed by atoms with Crippen LogP contribution in [0.2, 0.25) is 0 Å². The molecule has 0 unspecified atom stereocenters. The molecule has 92 valence electrons. The average Bonchev–Trinajstić information content (AvgIpc) is 2.27. The molecule has 0 fully saturated rings. The number of carbonyl (C=O) groups excluding carboxylic acids is 1. The van der Waals surface area contributed by atoms with E-state index in [-0.39, 0.29) is 29.4 Å². The van der Waals surface area contributed by atoms with Crippen LogP contribution < -0.4 is 10.6 Å². The average molecular weight is 258 g/mol. The van der Waals surface area contributed by atoms with Crippen molar-refractivity contribution in [3.63, 3.8) is 0 Å². The normalized spacial score (nSPS) is 17.6. The van der Waals surface area contributed by atoms with Gasteiger partial charge in [-0.05, 0) is 18.2 Å². The summed E-state index contributed by atoms with van der Waals surface area (Å²) in [4.78, 5) is 12.7. The summed E-state index contributed by atoms with van der Waals surface area (Å²) in [6.07, 6.45) is 0. The van der Waals surface area contributed by atoms with Crippen LogP contribution in [-0.4, -0.2) is 33.2 Å². The van der Waals surface area contributed by atoms with Gasteiger partial charge < -0.3 is 10.6 Å². The fourth-order valence-corrected chi connectivity index (χ4v) is 3.18. The highest BCUT2D eigenvalue weighted by Crippen LogP contribution is 2.31. The van der Waals surface area contributed by atoms with E-state index in [0.29, 0.717) is 0 Å². The van der Waals surface area contributed by atoms with Crippen molar-refractivity contribution in [2.45, 2.75) is 4.90 Å². The number of carbonyl (C=O) groups is 1. The summed E-state index contributed by atoms with van der Waals surface area (Å²) in [5.41, 5.74) is 5.31. The second kappa shape index (κ2) is 4.08. The zero-order valence-electron chi connectivity index (χ0n) is 8.89. The standard InChI is InChI=1S/C10H11FN2O3S/c11-7-1-2-9-8(5-7)13(10(14)6-12)3-4-17(9,15)16/h1-2,5H,3-4,6,12H2. The number of halogens is 1. The predicted octanol–water partition coefficient (Wildman–Crippen LogP) is -0.0953. The quantitative estimate of drug-likeness (QED) is 0.714. The lowest BCUT2D eigenvalue weighted by molar-refractivity contribution is -0.117. The van der Waals surface area contributed by atoms with Gasteiger partial charge in [-0.15, -0.1) is 0 Å². The first kappa shape index (κ1) is 12.0. The van der Waals surface area contributed by atoms with Crippen molar-refractivity contribution >= 4 is 21.4 Å². The minimum Gasteiger partial charge on any atom is -0.322 e. The zero-order valence-corrected chi connectivity index (χ0v) is 9.71. The van der Waals surface area contributed by atoms with Gasteiger partial charge in [0.1, 0.15) is 5.82 Å². The summed E-state index contributed by atoms with van der Waals surface area (Å²) in [6.45, 7) is -0.231. The molecular weight excluding hydrogens is 247 g/mol. The first-order chi connectivity index (χ1) is 7.95. The van der Waals surface area contributed by atoms with E-state index in [1.807, 2.05) is 0 Å². The molecule has 0 aliphatic carbocycles. The first-order valence-electron chi connectivity index (χ1n) is 4.98. The van der Waals surface area contributed by atoms with Crippen molar-refractivity contribution in [2.24, 2.45) is 5.73 Å². The number of hydrogen-bond acceptors (Lipinski definition) is 4. The van der Waals surface area contributed by atoms with E-state index in [9.17, 15) is 17.6 Å². The molecule has 17 heavy (non-hydrogen) atoms. The molecule has 1 aromatic carbocycles. The number of benzene rings is 1. The van der Waals surface area contributed by atoms with Gasteiger partial charge in [-0.2, -0.15) is 0 Å². The van der Waals surface area contributed by atoms with Crippen LogP contribution in [0.4, 0.5) is 10.1 Å². The van der Waals surface area contributed by atoms with Gasteiger partial charge in [-0.1, -0.05) is 0 Å². The van der Waals surface area contributed by atoms with Gasteiger partial charge in [0.15, 0.2) is 9.84 Å². The number of amides is 1. The van der Waals surface area contributed by atoms with Crippen molar-refractivity contribution in [2.75, 3.05) is 23.7 Å². The smallest absolute Gasteiger partial charge is 0.240 e. The highest BCUT2D eigenvalue weighted by molar-refractivity contribution is 7.91. The highest BCUT2D eigenvalue weighted by atomic mass is 32.2.